The molecule has 4 nitrogen and oxygen atoms in total. The number of amides is 2. The SMILES string of the molecule is O=C1C2CCCN2C(=O)CN1CCCC1CCCC1. The van der Waals surface area contributed by atoms with Gasteiger partial charge in [0.2, 0.25) is 11.8 Å². The first kappa shape index (κ1) is 12.9. The Morgan fingerprint density at radius 2 is 1.84 bits per heavy atom. The van der Waals surface area contributed by atoms with E-state index in [4.69, 9.17) is 0 Å². The molecule has 0 aromatic heterocycles. The number of piperazine rings is 1. The molecule has 19 heavy (non-hydrogen) atoms. The zero-order valence-corrected chi connectivity index (χ0v) is 11.6. The van der Waals surface area contributed by atoms with E-state index in [1.165, 1.54) is 32.1 Å². The number of carbonyl (C=O) groups is 2. The molecule has 3 aliphatic rings. The van der Waals surface area contributed by atoms with Gasteiger partial charge in [0.15, 0.2) is 0 Å². The topological polar surface area (TPSA) is 40.6 Å². The summed E-state index contributed by atoms with van der Waals surface area (Å²) in [5.74, 6) is 1.23. The van der Waals surface area contributed by atoms with Gasteiger partial charge in [0.1, 0.15) is 6.04 Å². The quantitative estimate of drug-likeness (QED) is 0.776. The van der Waals surface area contributed by atoms with Crippen LogP contribution in [0.25, 0.3) is 0 Å². The number of hydrogen-bond acceptors (Lipinski definition) is 2. The second kappa shape index (κ2) is 5.51. The fraction of sp³-hybridized carbons (Fsp3) is 0.867. The second-order valence-corrected chi connectivity index (χ2v) is 6.30. The van der Waals surface area contributed by atoms with E-state index in [-0.39, 0.29) is 17.9 Å². The predicted molar refractivity (Wildman–Crippen MR) is 72.5 cm³/mol. The van der Waals surface area contributed by atoms with Crippen molar-refractivity contribution in [3.05, 3.63) is 0 Å². The fourth-order valence-corrected chi connectivity index (χ4v) is 3.92. The van der Waals surface area contributed by atoms with Crippen LogP contribution in [0.1, 0.15) is 51.4 Å². The third kappa shape index (κ3) is 2.63. The molecule has 3 rings (SSSR count). The first-order chi connectivity index (χ1) is 9.25. The first-order valence-electron chi connectivity index (χ1n) is 7.84. The number of carbonyl (C=O) groups excluding carboxylic acids is 2. The Bertz CT molecular complexity index is 363. The lowest BCUT2D eigenvalue weighted by Crippen LogP contribution is -2.57. The van der Waals surface area contributed by atoms with Crippen molar-refractivity contribution >= 4 is 11.8 Å². The second-order valence-electron chi connectivity index (χ2n) is 6.30. The van der Waals surface area contributed by atoms with Crippen LogP contribution < -0.4 is 0 Å². The van der Waals surface area contributed by atoms with E-state index in [1.807, 2.05) is 4.90 Å². The van der Waals surface area contributed by atoms with E-state index in [1.54, 1.807) is 4.90 Å². The van der Waals surface area contributed by atoms with Crippen molar-refractivity contribution in [3.8, 4) is 0 Å². The van der Waals surface area contributed by atoms with Gasteiger partial charge in [0, 0.05) is 13.1 Å². The molecule has 0 bridgehead atoms. The molecule has 2 aliphatic heterocycles. The molecule has 4 heteroatoms. The van der Waals surface area contributed by atoms with E-state index < -0.39 is 0 Å². The maximum atomic E-state index is 12.3. The van der Waals surface area contributed by atoms with Crippen molar-refractivity contribution in [2.45, 2.75) is 57.4 Å². The summed E-state index contributed by atoms with van der Waals surface area (Å²) in [5.41, 5.74) is 0. The van der Waals surface area contributed by atoms with Crippen LogP contribution in [-0.4, -0.2) is 47.3 Å². The zero-order chi connectivity index (χ0) is 13.2. The molecule has 0 radical (unpaired) electrons. The molecule has 2 amide bonds. The summed E-state index contributed by atoms with van der Waals surface area (Å²) >= 11 is 0. The van der Waals surface area contributed by atoms with E-state index in [0.29, 0.717) is 6.54 Å². The minimum absolute atomic E-state index is 0.132. The van der Waals surface area contributed by atoms with Gasteiger partial charge in [0.05, 0.1) is 6.54 Å². The summed E-state index contributed by atoms with van der Waals surface area (Å²) in [6.07, 6.45) is 9.63. The number of fused-ring (bicyclic) bond motifs is 1. The molecule has 1 atom stereocenters. The highest BCUT2D eigenvalue weighted by molar-refractivity contribution is 5.95. The van der Waals surface area contributed by atoms with Crippen molar-refractivity contribution in [1.29, 1.82) is 0 Å². The lowest BCUT2D eigenvalue weighted by Gasteiger charge is -2.36. The average molecular weight is 264 g/mol. The Morgan fingerprint density at radius 1 is 1.05 bits per heavy atom. The van der Waals surface area contributed by atoms with E-state index in [0.717, 1.165) is 38.3 Å². The van der Waals surface area contributed by atoms with Gasteiger partial charge in [-0.3, -0.25) is 9.59 Å². The molecule has 1 aliphatic carbocycles. The van der Waals surface area contributed by atoms with E-state index in [9.17, 15) is 9.59 Å². The Balaban J connectivity index is 1.50. The third-order valence-corrected chi connectivity index (χ3v) is 5.01. The highest BCUT2D eigenvalue weighted by Gasteiger charge is 2.41. The normalized spacial score (nSPS) is 28.3. The molecule has 2 saturated heterocycles. The molecule has 3 fully saturated rings. The maximum absolute atomic E-state index is 12.3. The molecule has 0 aromatic carbocycles. The van der Waals surface area contributed by atoms with Crippen LogP contribution in [-0.2, 0) is 9.59 Å². The van der Waals surface area contributed by atoms with Gasteiger partial charge >= 0.3 is 0 Å². The lowest BCUT2D eigenvalue weighted by molar-refractivity contribution is -0.153. The van der Waals surface area contributed by atoms with E-state index >= 15 is 0 Å². The summed E-state index contributed by atoms with van der Waals surface area (Å²) < 4.78 is 0. The molecule has 2 heterocycles. The number of nitrogens with zero attached hydrogens (tertiary/aromatic N) is 2. The van der Waals surface area contributed by atoms with Gasteiger partial charge in [-0.25, -0.2) is 0 Å². The summed E-state index contributed by atoms with van der Waals surface area (Å²) in [6, 6.07) is -0.132. The van der Waals surface area contributed by atoms with Crippen molar-refractivity contribution in [2.75, 3.05) is 19.6 Å². The van der Waals surface area contributed by atoms with Crippen LogP contribution in [0.3, 0.4) is 0 Å². The maximum Gasteiger partial charge on any atom is 0.245 e. The highest BCUT2D eigenvalue weighted by atomic mass is 16.2. The first-order valence-corrected chi connectivity index (χ1v) is 7.84. The zero-order valence-electron chi connectivity index (χ0n) is 11.6. The van der Waals surface area contributed by atoms with Crippen molar-refractivity contribution in [3.63, 3.8) is 0 Å². The smallest absolute Gasteiger partial charge is 0.245 e. The van der Waals surface area contributed by atoms with Crippen LogP contribution in [0.2, 0.25) is 0 Å². The van der Waals surface area contributed by atoms with Gasteiger partial charge in [0.25, 0.3) is 0 Å². The molecule has 0 aromatic rings. The van der Waals surface area contributed by atoms with Crippen LogP contribution in [0, 0.1) is 5.92 Å². The average Bonchev–Trinajstić information content (AvgIpc) is 3.06. The van der Waals surface area contributed by atoms with Gasteiger partial charge in [-0.2, -0.15) is 0 Å². The summed E-state index contributed by atoms with van der Waals surface area (Å²) in [4.78, 5) is 27.9. The van der Waals surface area contributed by atoms with Crippen LogP contribution in [0.15, 0.2) is 0 Å². The lowest BCUT2D eigenvalue weighted by atomic mass is 10.0. The van der Waals surface area contributed by atoms with Crippen molar-refractivity contribution in [2.24, 2.45) is 5.92 Å². The summed E-state index contributed by atoms with van der Waals surface area (Å²) in [7, 11) is 0. The van der Waals surface area contributed by atoms with Crippen molar-refractivity contribution in [1.82, 2.24) is 9.80 Å². The summed E-state index contributed by atoms with van der Waals surface area (Å²) in [5, 5.41) is 0. The number of hydrogen-bond donors (Lipinski definition) is 0. The third-order valence-electron chi connectivity index (χ3n) is 5.01. The van der Waals surface area contributed by atoms with Crippen molar-refractivity contribution < 1.29 is 9.59 Å². The molecular formula is C15H24N2O2. The van der Waals surface area contributed by atoms with Gasteiger partial charge in [-0.1, -0.05) is 25.7 Å². The number of rotatable bonds is 4. The standard InChI is InChI=1S/C15H24N2O2/c18-14-11-16(9-3-7-12-5-1-2-6-12)15(19)13-8-4-10-17(13)14/h12-13H,1-11H2. The Morgan fingerprint density at radius 3 is 2.63 bits per heavy atom. The molecule has 1 unspecified atom stereocenters. The van der Waals surface area contributed by atoms with Gasteiger partial charge in [-0.05, 0) is 31.6 Å². The van der Waals surface area contributed by atoms with Gasteiger partial charge < -0.3 is 9.80 Å². The minimum atomic E-state index is -0.132. The van der Waals surface area contributed by atoms with Crippen LogP contribution in [0.4, 0.5) is 0 Å². The molecule has 1 saturated carbocycles. The largest absolute Gasteiger partial charge is 0.332 e. The molecule has 106 valence electrons. The molecular weight excluding hydrogens is 240 g/mol. The molecule has 0 N–H and O–H groups in total. The predicted octanol–water partition coefficient (Wildman–Crippen LogP) is 1.79. The monoisotopic (exact) mass is 264 g/mol. The van der Waals surface area contributed by atoms with Crippen LogP contribution in [0.5, 0.6) is 0 Å². The Hall–Kier alpha value is -1.06. The summed E-state index contributed by atoms with van der Waals surface area (Å²) in [6.45, 7) is 1.89. The minimum Gasteiger partial charge on any atom is -0.332 e. The highest BCUT2D eigenvalue weighted by Crippen LogP contribution is 2.29. The molecule has 0 spiro atoms. The van der Waals surface area contributed by atoms with Crippen LogP contribution >= 0.6 is 0 Å². The van der Waals surface area contributed by atoms with Gasteiger partial charge in [-0.15, -0.1) is 0 Å². The Kier molecular flexibility index (Phi) is 3.76. The Labute approximate surface area is 115 Å². The fourth-order valence-electron chi connectivity index (χ4n) is 3.92. The van der Waals surface area contributed by atoms with E-state index in [2.05, 4.69) is 0 Å².